The number of hydrogen-bond acceptors (Lipinski definition) is 5. The van der Waals surface area contributed by atoms with Crippen LogP contribution >= 0.6 is 7.52 Å². The second kappa shape index (κ2) is 9.11. The molecule has 2 N–H and O–H groups in total. The molecule has 29 heavy (non-hydrogen) atoms. The summed E-state index contributed by atoms with van der Waals surface area (Å²) in [5, 5.41) is 6.08. The Balaban J connectivity index is 0.000000707. The molecule has 2 aromatic heterocycles. The predicted octanol–water partition coefficient (Wildman–Crippen LogP) is 2.02. The van der Waals surface area contributed by atoms with Gasteiger partial charge in [0.25, 0.3) is 5.56 Å². The van der Waals surface area contributed by atoms with Crippen molar-refractivity contribution in [3.63, 3.8) is 0 Å². The number of anilines is 1. The van der Waals surface area contributed by atoms with Crippen LogP contribution in [0.4, 0.5) is 5.69 Å². The number of benzene rings is 1. The molecule has 0 aliphatic carbocycles. The lowest BCUT2D eigenvalue weighted by atomic mass is 10.3. The van der Waals surface area contributed by atoms with Crippen LogP contribution in [0.1, 0.15) is 27.7 Å². The lowest BCUT2D eigenvalue weighted by Crippen LogP contribution is -2.51. The number of rotatable bonds is 1. The molecule has 3 aromatic rings. The van der Waals surface area contributed by atoms with Gasteiger partial charge in [0.05, 0.1) is 11.0 Å². The van der Waals surface area contributed by atoms with Crippen molar-refractivity contribution in [1.82, 2.24) is 14.3 Å². The first-order chi connectivity index (χ1) is 14.0. The van der Waals surface area contributed by atoms with Gasteiger partial charge in [0.2, 0.25) is 5.43 Å². The lowest BCUT2D eigenvalue weighted by Gasteiger charge is -2.28. The van der Waals surface area contributed by atoms with Crippen LogP contribution in [0.5, 0.6) is 0 Å². The van der Waals surface area contributed by atoms with E-state index in [1.807, 2.05) is 27.7 Å². The van der Waals surface area contributed by atoms with Crippen LogP contribution in [-0.2, 0) is 16.1 Å². The maximum absolute atomic E-state index is 13.1. The zero-order chi connectivity index (χ0) is 21.8. The highest BCUT2D eigenvalue weighted by atomic mass is 31.2. The Morgan fingerprint density at radius 3 is 2.31 bits per heavy atom. The van der Waals surface area contributed by atoms with E-state index in [-0.39, 0.29) is 11.0 Å². The molecule has 0 bridgehead atoms. The highest BCUT2D eigenvalue weighted by molar-refractivity contribution is 7.66. The first-order valence-corrected chi connectivity index (χ1v) is 11.1. The molecule has 1 unspecified atom stereocenters. The molecule has 1 aromatic carbocycles. The third kappa shape index (κ3) is 3.73. The van der Waals surface area contributed by atoms with Crippen molar-refractivity contribution >= 4 is 29.8 Å². The minimum atomic E-state index is -3.45. The number of hydrogen-bond donors (Lipinski definition) is 2. The zero-order valence-corrected chi connectivity index (χ0v) is 18.4. The smallest absolute Gasteiger partial charge is 0.326 e. The van der Waals surface area contributed by atoms with Crippen LogP contribution < -0.4 is 31.9 Å². The van der Waals surface area contributed by atoms with E-state index in [0.717, 1.165) is 0 Å². The van der Waals surface area contributed by atoms with E-state index in [1.54, 1.807) is 49.6 Å². The van der Waals surface area contributed by atoms with Gasteiger partial charge in [-0.25, -0.2) is 4.68 Å². The number of nitrogens with one attached hydrogen (secondary N) is 2. The van der Waals surface area contributed by atoms with Gasteiger partial charge < -0.3 is 9.84 Å². The number of nitrogens with zero attached hydrogens (tertiary/aromatic N) is 2. The van der Waals surface area contributed by atoms with Crippen molar-refractivity contribution in [2.75, 3.05) is 12.4 Å². The largest absolute Gasteiger partial charge is 0.340 e. The number of aryl methyl sites for hydroxylation is 1. The molecule has 0 amide bonds. The summed E-state index contributed by atoms with van der Waals surface area (Å²) < 4.78 is 21.1. The SMILES string of the molecule is CC.CC.COP1(=O)NC(=c2c(=O)c3cccn3n(C)c2=O)Nc2ccccc21. The summed E-state index contributed by atoms with van der Waals surface area (Å²) in [5.74, 6) is 0.0817. The van der Waals surface area contributed by atoms with E-state index >= 15 is 0 Å². The molecule has 1 atom stereocenters. The lowest BCUT2D eigenvalue weighted by molar-refractivity contribution is 0.398. The first kappa shape index (κ1) is 22.5. The molecule has 0 saturated carbocycles. The molecule has 0 fully saturated rings. The van der Waals surface area contributed by atoms with Gasteiger partial charge in [-0.3, -0.25) is 23.8 Å². The molecule has 1 aliphatic rings. The molecular weight excluding hydrogens is 391 g/mol. The summed E-state index contributed by atoms with van der Waals surface area (Å²) in [5.41, 5.74) is -0.0895. The van der Waals surface area contributed by atoms with Crippen molar-refractivity contribution in [3.8, 4) is 0 Å². The second-order valence-corrected chi connectivity index (χ2v) is 7.81. The predicted molar refractivity (Wildman–Crippen MR) is 118 cm³/mol. The highest BCUT2D eigenvalue weighted by Gasteiger charge is 2.34. The maximum Gasteiger partial charge on any atom is 0.326 e. The molecule has 9 heteroatoms. The number of aromatic nitrogens is 2. The summed E-state index contributed by atoms with van der Waals surface area (Å²) in [6.07, 6.45) is 1.63. The van der Waals surface area contributed by atoms with Gasteiger partial charge in [0, 0.05) is 20.4 Å². The number of para-hydroxylation sites is 1. The average Bonchev–Trinajstić information content (AvgIpc) is 3.26. The third-order valence-electron chi connectivity index (χ3n) is 4.27. The van der Waals surface area contributed by atoms with E-state index in [2.05, 4.69) is 10.4 Å². The number of fused-ring (bicyclic) bond motifs is 2. The van der Waals surface area contributed by atoms with E-state index in [0.29, 0.717) is 16.5 Å². The molecule has 0 spiro atoms. The van der Waals surface area contributed by atoms with Gasteiger partial charge in [0.1, 0.15) is 16.6 Å². The molecule has 4 rings (SSSR count). The Labute approximate surface area is 169 Å². The van der Waals surface area contributed by atoms with Crippen LogP contribution in [0.3, 0.4) is 0 Å². The summed E-state index contributed by atoms with van der Waals surface area (Å²) in [6.45, 7) is 8.00. The van der Waals surface area contributed by atoms with Gasteiger partial charge in [-0.2, -0.15) is 0 Å². The van der Waals surface area contributed by atoms with Crippen LogP contribution in [0.25, 0.3) is 11.3 Å². The quantitative estimate of drug-likeness (QED) is 0.588. The summed E-state index contributed by atoms with van der Waals surface area (Å²) in [7, 11) is -0.569. The van der Waals surface area contributed by atoms with Gasteiger partial charge in [-0.15, -0.1) is 0 Å². The Bertz CT molecular complexity index is 1230. The summed E-state index contributed by atoms with van der Waals surface area (Å²) in [4.78, 5) is 25.5. The van der Waals surface area contributed by atoms with Crippen LogP contribution in [0.2, 0.25) is 0 Å². The monoisotopic (exact) mass is 418 g/mol. The summed E-state index contributed by atoms with van der Waals surface area (Å²) in [6, 6.07) is 10.2. The second-order valence-electron chi connectivity index (χ2n) is 5.63. The Morgan fingerprint density at radius 2 is 1.66 bits per heavy atom. The molecule has 0 radical (unpaired) electrons. The van der Waals surface area contributed by atoms with E-state index in [4.69, 9.17) is 4.52 Å². The van der Waals surface area contributed by atoms with E-state index in [9.17, 15) is 14.2 Å². The van der Waals surface area contributed by atoms with Crippen molar-refractivity contribution in [2.45, 2.75) is 27.7 Å². The Morgan fingerprint density at radius 1 is 1.00 bits per heavy atom. The fourth-order valence-corrected chi connectivity index (χ4v) is 4.59. The van der Waals surface area contributed by atoms with Gasteiger partial charge in [-0.1, -0.05) is 39.8 Å². The molecule has 156 valence electrons. The standard InChI is InChI=1S/C16H15N4O4P.2C2H6/c1-19-16(22)13(14(21)11-7-5-9-20(11)19)15-17-10-6-3-4-8-12(10)25(23,18-15)24-2;2*1-2/h3-9,17H,1-2H3,(H,18,23);2*1-2H3. The van der Waals surface area contributed by atoms with Gasteiger partial charge in [-0.05, 0) is 24.3 Å². The Hall–Kier alpha value is -2.83. The normalized spacial score (nSPS) is 19.0. The molecule has 0 saturated heterocycles. The molecule has 1 aliphatic heterocycles. The molecule has 8 nitrogen and oxygen atoms in total. The van der Waals surface area contributed by atoms with Crippen molar-refractivity contribution in [1.29, 1.82) is 0 Å². The maximum atomic E-state index is 13.1. The van der Waals surface area contributed by atoms with Crippen molar-refractivity contribution in [3.05, 3.63) is 68.4 Å². The van der Waals surface area contributed by atoms with E-state index in [1.165, 1.54) is 16.3 Å². The summed E-state index contributed by atoms with van der Waals surface area (Å²) >= 11 is 0. The first-order valence-electron chi connectivity index (χ1n) is 9.51. The fourth-order valence-electron chi connectivity index (χ4n) is 2.99. The van der Waals surface area contributed by atoms with Crippen LogP contribution in [-0.4, -0.2) is 16.3 Å². The highest BCUT2D eigenvalue weighted by Crippen LogP contribution is 2.46. The van der Waals surface area contributed by atoms with Gasteiger partial charge in [0.15, 0.2) is 0 Å². The van der Waals surface area contributed by atoms with Crippen molar-refractivity contribution in [2.24, 2.45) is 7.05 Å². The molecule has 3 heterocycles. The van der Waals surface area contributed by atoms with Crippen LogP contribution in [0, 0.1) is 0 Å². The van der Waals surface area contributed by atoms with E-state index < -0.39 is 18.5 Å². The van der Waals surface area contributed by atoms with Crippen LogP contribution in [0.15, 0.2) is 52.2 Å². The molecular formula is C20H27N4O4P. The fraction of sp³-hybridized carbons (Fsp3) is 0.300. The minimum absolute atomic E-state index is 0.0817. The minimum Gasteiger partial charge on any atom is -0.340 e. The van der Waals surface area contributed by atoms with Crippen molar-refractivity contribution < 1.29 is 9.09 Å². The topological polar surface area (TPSA) is 93.8 Å². The third-order valence-corrected chi connectivity index (χ3v) is 6.32. The Kier molecular flexibility index (Phi) is 7.06. The average molecular weight is 418 g/mol. The zero-order valence-electron chi connectivity index (χ0n) is 17.5. The van der Waals surface area contributed by atoms with Gasteiger partial charge >= 0.3 is 7.52 Å².